The van der Waals surface area contributed by atoms with Crippen LogP contribution in [-0.4, -0.2) is 42.2 Å². The Balaban J connectivity index is 2.49. The number of imidazole rings is 1. The average Bonchev–Trinajstić information content (AvgIpc) is 2.62. The van der Waals surface area contributed by atoms with Gasteiger partial charge in [-0.05, 0) is 26.2 Å². The van der Waals surface area contributed by atoms with Gasteiger partial charge >= 0.3 is 5.69 Å². The van der Waals surface area contributed by atoms with Crippen LogP contribution in [0.2, 0.25) is 0 Å². The lowest BCUT2D eigenvalue weighted by Crippen LogP contribution is -2.24. The van der Waals surface area contributed by atoms with Crippen molar-refractivity contribution >= 4 is 11.0 Å². The van der Waals surface area contributed by atoms with Gasteiger partial charge in [0, 0.05) is 13.1 Å². The van der Waals surface area contributed by atoms with Gasteiger partial charge in [0.15, 0.2) is 0 Å². The van der Waals surface area contributed by atoms with Crippen LogP contribution in [-0.2, 0) is 6.54 Å². The number of fused-ring (bicyclic) bond motifs is 1. The van der Waals surface area contributed by atoms with E-state index in [1.54, 1.807) is 11.7 Å². The molecule has 5 nitrogen and oxygen atoms in total. The van der Waals surface area contributed by atoms with E-state index >= 15 is 0 Å². The largest absolute Gasteiger partial charge is 0.494 e. The van der Waals surface area contributed by atoms with Crippen molar-refractivity contribution in [2.45, 2.75) is 6.54 Å². The lowest BCUT2D eigenvalue weighted by molar-refractivity contribution is 0.384. The van der Waals surface area contributed by atoms with E-state index in [1.165, 1.54) is 0 Å². The van der Waals surface area contributed by atoms with E-state index in [-0.39, 0.29) is 5.69 Å². The lowest BCUT2D eigenvalue weighted by atomic mass is 10.3. The molecule has 0 bridgehead atoms. The summed E-state index contributed by atoms with van der Waals surface area (Å²) in [6, 6.07) is 5.65. The molecule has 17 heavy (non-hydrogen) atoms. The minimum absolute atomic E-state index is 0.0913. The third kappa shape index (κ3) is 2.19. The first-order valence-electron chi connectivity index (χ1n) is 5.53. The fourth-order valence-corrected chi connectivity index (χ4v) is 1.85. The highest BCUT2D eigenvalue weighted by molar-refractivity contribution is 5.81. The molecule has 92 valence electrons. The monoisotopic (exact) mass is 235 g/mol. The molecular weight excluding hydrogens is 218 g/mol. The van der Waals surface area contributed by atoms with Gasteiger partial charge in [0.25, 0.3) is 0 Å². The maximum atomic E-state index is 11.9. The molecule has 0 unspecified atom stereocenters. The van der Waals surface area contributed by atoms with Gasteiger partial charge in [0.2, 0.25) is 0 Å². The predicted octanol–water partition coefficient (Wildman–Crippen LogP) is 0.900. The summed E-state index contributed by atoms with van der Waals surface area (Å²) in [6.07, 6.45) is 0. The molecule has 0 radical (unpaired) electrons. The number of methoxy groups -OCH3 is 1. The van der Waals surface area contributed by atoms with Crippen molar-refractivity contribution in [1.82, 2.24) is 14.5 Å². The lowest BCUT2D eigenvalue weighted by Gasteiger charge is -2.10. The Morgan fingerprint density at radius 2 is 2.18 bits per heavy atom. The molecule has 1 aromatic carbocycles. The molecule has 1 aromatic heterocycles. The molecule has 0 aliphatic rings. The minimum atomic E-state index is -0.0913. The van der Waals surface area contributed by atoms with Gasteiger partial charge < -0.3 is 14.6 Å². The van der Waals surface area contributed by atoms with Crippen LogP contribution in [0.5, 0.6) is 5.75 Å². The second-order valence-electron chi connectivity index (χ2n) is 4.24. The average molecular weight is 235 g/mol. The van der Waals surface area contributed by atoms with E-state index in [1.807, 2.05) is 37.2 Å². The molecule has 0 fully saturated rings. The molecule has 0 spiro atoms. The Labute approximate surface area is 99.6 Å². The molecule has 2 rings (SSSR count). The number of hydrogen-bond donors (Lipinski definition) is 1. The van der Waals surface area contributed by atoms with Crippen molar-refractivity contribution in [3.8, 4) is 5.75 Å². The van der Waals surface area contributed by atoms with Crippen LogP contribution in [0.1, 0.15) is 0 Å². The molecular formula is C12H17N3O2. The molecule has 0 atom stereocenters. The summed E-state index contributed by atoms with van der Waals surface area (Å²) in [5.74, 6) is 0.697. The molecule has 1 heterocycles. The van der Waals surface area contributed by atoms with Crippen molar-refractivity contribution in [2.24, 2.45) is 0 Å². The number of ether oxygens (including phenoxy) is 1. The SMILES string of the molecule is COc1cccc2c1[nH]c(=O)n2CCN(C)C. The summed E-state index contributed by atoms with van der Waals surface area (Å²) in [5.41, 5.74) is 1.56. The Morgan fingerprint density at radius 3 is 2.82 bits per heavy atom. The molecule has 5 heteroatoms. The minimum Gasteiger partial charge on any atom is -0.494 e. The van der Waals surface area contributed by atoms with Gasteiger partial charge in [-0.1, -0.05) is 6.07 Å². The summed E-state index contributed by atoms with van der Waals surface area (Å²) in [7, 11) is 5.57. The van der Waals surface area contributed by atoms with Crippen LogP contribution >= 0.6 is 0 Å². The van der Waals surface area contributed by atoms with Gasteiger partial charge in [-0.3, -0.25) is 4.57 Å². The number of aromatic amines is 1. The van der Waals surface area contributed by atoms with E-state index in [0.29, 0.717) is 12.3 Å². The summed E-state index contributed by atoms with van der Waals surface area (Å²) >= 11 is 0. The van der Waals surface area contributed by atoms with E-state index in [4.69, 9.17) is 4.74 Å². The molecule has 0 saturated carbocycles. The van der Waals surface area contributed by atoms with Gasteiger partial charge in [-0.25, -0.2) is 4.79 Å². The van der Waals surface area contributed by atoms with Crippen LogP contribution in [0.3, 0.4) is 0 Å². The van der Waals surface area contributed by atoms with Gasteiger partial charge in [0.05, 0.1) is 12.6 Å². The molecule has 1 N–H and O–H groups in total. The zero-order chi connectivity index (χ0) is 12.4. The third-order valence-corrected chi connectivity index (χ3v) is 2.76. The first kappa shape index (κ1) is 11.7. The maximum Gasteiger partial charge on any atom is 0.326 e. The second kappa shape index (κ2) is 4.63. The van der Waals surface area contributed by atoms with E-state index in [2.05, 4.69) is 4.98 Å². The normalized spacial score (nSPS) is 11.3. The highest BCUT2D eigenvalue weighted by Gasteiger charge is 2.10. The number of rotatable bonds is 4. The zero-order valence-corrected chi connectivity index (χ0v) is 10.4. The number of aromatic nitrogens is 2. The van der Waals surface area contributed by atoms with Crippen LogP contribution in [0.25, 0.3) is 11.0 Å². The number of likely N-dealkylation sites (N-methyl/N-ethyl adjacent to an activating group) is 1. The van der Waals surface area contributed by atoms with Crippen LogP contribution in [0.15, 0.2) is 23.0 Å². The third-order valence-electron chi connectivity index (χ3n) is 2.76. The number of benzene rings is 1. The summed E-state index contributed by atoms with van der Waals surface area (Å²) < 4.78 is 6.96. The van der Waals surface area contributed by atoms with Crippen LogP contribution in [0, 0.1) is 0 Å². The number of hydrogen-bond acceptors (Lipinski definition) is 3. The standard InChI is InChI=1S/C12H17N3O2/c1-14(2)7-8-15-9-5-4-6-10(17-3)11(9)13-12(15)16/h4-6H,7-8H2,1-3H3,(H,13,16). The Bertz CT molecular complexity index is 569. The Kier molecular flexibility index (Phi) is 3.19. The van der Waals surface area contributed by atoms with Crippen LogP contribution < -0.4 is 10.4 Å². The highest BCUT2D eigenvalue weighted by atomic mass is 16.5. The number of para-hydroxylation sites is 1. The Morgan fingerprint density at radius 1 is 1.41 bits per heavy atom. The quantitative estimate of drug-likeness (QED) is 0.856. The predicted molar refractivity (Wildman–Crippen MR) is 67.7 cm³/mol. The number of nitrogens with one attached hydrogen (secondary N) is 1. The van der Waals surface area contributed by atoms with Crippen LogP contribution in [0.4, 0.5) is 0 Å². The van der Waals surface area contributed by atoms with Crippen molar-refractivity contribution < 1.29 is 4.74 Å². The molecule has 0 aliphatic heterocycles. The highest BCUT2D eigenvalue weighted by Crippen LogP contribution is 2.21. The molecule has 0 amide bonds. The second-order valence-corrected chi connectivity index (χ2v) is 4.24. The van der Waals surface area contributed by atoms with Gasteiger partial charge in [-0.15, -0.1) is 0 Å². The summed E-state index contributed by atoms with van der Waals surface area (Å²) in [6.45, 7) is 1.49. The van der Waals surface area contributed by atoms with Gasteiger partial charge in [0.1, 0.15) is 11.3 Å². The fourth-order valence-electron chi connectivity index (χ4n) is 1.85. The smallest absolute Gasteiger partial charge is 0.326 e. The van der Waals surface area contributed by atoms with Crippen molar-refractivity contribution in [3.05, 3.63) is 28.7 Å². The Hall–Kier alpha value is -1.75. The topological polar surface area (TPSA) is 50.3 Å². The number of H-pyrrole nitrogens is 1. The maximum absolute atomic E-state index is 11.9. The first-order chi connectivity index (χ1) is 8.13. The van der Waals surface area contributed by atoms with E-state index < -0.39 is 0 Å². The van der Waals surface area contributed by atoms with Crippen molar-refractivity contribution in [2.75, 3.05) is 27.7 Å². The summed E-state index contributed by atoms with van der Waals surface area (Å²) in [4.78, 5) is 16.7. The van der Waals surface area contributed by atoms with E-state index in [0.717, 1.165) is 17.6 Å². The van der Waals surface area contributed by atoms with E-state index in [9.17, 15) is 4.79 Å². The zero-order valence-electron chi connectivity index (χ0n) is 10.4. The number of nitrogens with zero attached hydrogens (tertiary/aromatic N) is 2. The summed E-state index contributed by atoms with van der Waals surface area (Å²) in [5, 5.41) is 0. The van der Waals surface area contributed by atoms with Crippen molar-refractivity contribution in [3.63, 3.8) is 0 Å². The molecule has 0 aliphatic carbocycles. The van der Waals surface area contributed by atoms with Gasteiger partial charge in [-0.2, -0.15) is 0 Å². The fraction of sp³-hybridized carbons (Fsp3) is 0.417. The van der Waals surface area contributed by atoms with Crippen molar-refractivity contribution in [1.29, 1.82) is 0 Å². The first-order valence-corrected chi connectivity index (χ1v) is 5.53. The molecule has 0 saturated heterocycles. The molecule has 2 aromatic rings.